The average molecular weight is 2140 g/mol. The molecular formula is C131H102F6IrN7O4-. The Morgan fingerprint density at radius 2 is 0.698 bits per heavy atom. The van der Waals surface area contributed by atoms with E-state index in [-0.39, 0.29) is 31.8 Å². The van der Waals surface area contributed by atoms with Crippen LogP contribution in [0.3, 0.4) is 0 Å². The van der Waals surface area contributed by atoms with Crippen molar-refractivity contribution in [2.45, 2.75) is 86.0 Å². The Bertz CT molecular complexity index is 9140. The van der Waals surface area contributed by atoms with Crippen LogP contribution in [0.25, 0.3) is 215 Å². The first-order chi connectivity index (χ1) is 72.1. The quantitative estimate of drug-likeness (QED) is 0.0286. The van der Waals surface area contributed by atoms with Gasteiger partial charge in [-0.1, -0.05) is 303 Å². The first-order valence-electron chi connectivity index (χ1n) is 50.4. The zero-order valence-electron chi connectivity index (χ0n) is 82.6. The molecule has 0 bridgehead atoms. The maximum absolute atomic E-state index is 12.6. The van der Waals surface area contributed by atoms with E-state index >= 15 is 0 Å². The minimum Gasteiger partial charge on any atom is -0.504 e. The summed E-state index contributed by atoms with van der Waals surface area (Å²) >= 11 is 0. The number of benzene rings is 18. The third-order valence-electron chi connectivity index (χ3n) is 29.3. The van der Waals surface area contributed by atoms with Crippen LogP contribution in [-0.2, 0) is 37.7 Å². The number of alkyl halides is 6. The molecule has 0 saturated heterocycles. The smallest absolute Gasteiger partial charge is 0.455 e. The molecule has 26 rings (SSSR count). The van der Waals surface area contributed by atoms with Gasteiger partial charge in [-0.3, -0.25) is 9.78 Å². The van der Waals surface area contributed by atoms with Gasteiger partial charge in [0.25, 0.3) is 5.78 Å². The maximum atomic E-state index is 12.6. The number of furan rings is 1. The number of aliphatic hydroxyl groups is 1. The largest absolute Gasteiger partial charge is 0.504 e. The zero-order valence-corrected chi connectivity index (χ0v) is 85.0. The normalized spacial score (nSPS) is 12.8. The summed E-state index contributed by atoms with van der Waals surface area (Å²) in [7, 11) is 0. The summed E-state index contributed by atoms with van der Waals surface area (Å²) in [6, 6.07) is 144. The van der Waals surface area contributed by atoms with Crippen LogP contribution in [0.4, 0.5) is 26.3 Å². The molecule has 1 N–H and O–H groups in total. The summed E-state index contributed by atoms with van der Waals surface area (Å²) in [5.41, 5.74) is 27.0. The molecule has 0 aliphatic rings. The maximum Gasteiger partial charge on any atom is 0.455 e. The molecule has 0 aliphatic heterocycles. The molecule has 3 unspecified atom stereocenters. The molecule has 0 saturated carbocycles. The minimum atomic E-state index is -5.57. The monoisotopic (exact) mass is 2140 g/mol. The number of aliphatic hydroxyl groups excluding tert-OH is 1. The van der Waals surface area contributed by atoms with Crippen LogP contribution in [0.5, 0.6) is 5.75 Å². The number of pyridine rings is 1. The van der Waals surface area contributed by atoms with E-state index in [4.69, 9.17) is 14.3 Å². The van der Waals surface area contributed by atoms with E-state index < -0.39 is 35.0 Å². The van der Waals surface area contributed by atoms with Crippen molar-refractivity contribution in [3.8, 4) is 56.4 Å². The number of fused-ring (bicyclic) bond motifs is 24. The van der Waals surface area contributed by atoms with Gasteiger partial charge in [0.2, 0.25) is 5.76 Å². The van der Waals surface area contributed by atoms with E-state index in [2.05, 4.69) is 430 Å². The Kier molecular flexibility index (Phi) is 26.2. The second-order valence-electron chi connectivity index (χ2n) is 38.8. The predicted octanol–water partition coefficient (Wildman–Crippen LogP) is 35.8. The van der Waals surface area contributed by atoms with Gasteiger partial charge >= 0.3 is 12.4 Å². The number of carbonyl (C=O) groups excluding carboxylic acids is 1. The number of ether oxygens (including phenoxy) is 1. The molecule has 18 heteroatoms. The number of ketones is 1. The number of imidazole rings is 1. The fourth-order valence-corrected chi connectivity index (χ4v) is 21.5. The van der Waals surface area contributed by atoms with Crippen LogP contribution in [-0.4, -0.2) is 62.1 Å². The number of nitrogens with zero attached hydrogens (tertiary/aromatic N) is 7. The molecule has 11 nitrogen and oxygen atoms in total. The van der Waals surface area contributed by atoms with E-state index in [0.29, 0.717) is 18.4 Å². The van der Waals surface area contributed by atoms with E-state index in [1.165, 1.54) is 161 Å². The molecule has 0 amide bonds. The van der Waals surface area contributed by atoms with Gasteiger partial charge < -0.3 is 41.5 Å². The summed E-state index contributed by atoms with van der Waals surface area (Å²) in [6.45, 7) is 13.4. The summed E-state index contributed by atoms with van der Waals surface area (Å²) in [6.07, 6.45) is -1.82. The van der Waals surface area contributed by atoms with Gasteiger partial charge in [-0.15, -0.1) is 29.7 Å². The molecular weight excluding hydrogens is 2040 g/mol. The Labute approximate surface area is 869 Å². The van der Waals surface area contributed by atoms with Gasteiger partial charge in [-0.05, 0) is 221 Å². The van der Waals surface area contributed by atoms with E-state index in [9.17, 15) is 31.1 Å². The molecule has 737 valence electrons. The molecule has 26 aromatic rings. The van der Waals surface area contributed by atoms with E-state index in [1.807, 2.05) is 38.4 Å². The molecule has 1 radical (unpaired) electrons. The number of hydrogen-bond donors (Lipinski definition) is 1. The zero-order chi connectivity index (χ0) is 101. The Morgan fingerprint density at radius 3 is 1.10 bits per heavy atom. The summed E-state index contributed by atoms with van der Waals surface area (Å²) in [5, 5.41) is 27.5. The Balaban J connectivity index is 0.000000114. The van der Waals surface area contributed by atoms with Crippen LogP contribution < -0.4 is 4.74 Å². The second-order valence-corrected chi connectivity index (χ2v) is 38.8. The van der Waals surface area contributed by atoms with Crippen molar-refractivity contribution in [3.05, 3.63) is 441 Å². The van der Waals surface area contributed by atoms with Gasteiger partial charge in [0, 0.05) is 131 Å². The number of para-hydroxylation sites is 10. The van der Waals surface area contributed by atoms with E-state index in [1.54, 1.807) is 0 Å². The SMILES string of the molecule is CCC(C)COc1ccc(C(C(=O)C(F)(F)F)=C(O)C(F)(F)F)cc1.CCC(C)Cc1cc(-n2c3ccccc3c3ccccc32)cc(-n2c3ccccc3c3ccccc32)c1.CCC(C)Cc1ccc(-c2cc(-n3c4ccccc4c4ccccc43)cc(-n3c4ccccc4c4ccccc43)c2)cc1.[Ir].[c-]1cccc2c1c1nccn1c1ccc(-c3ccc4oc5ccc(-n6c7ccccc7c7ccccc76)cc5c4c3)cc21. The van der Waals surface area contributed by atoms with Crippen molar-refractivity contribution in [2.75, 3.05) is 6.61 Å². The fourth-order valence-electron chi connectivity index (χ4n) is 21.5. The second kappa shape index (κ2) is 40.2. The molecule has 0 spiro atoms. The van der Waals surface area contributed by atoms with Crippen molar-refractivity contribution >= 4 is 170 Å². The van der Waals surface area contributed by atoms with Gasteiger partial charge in [0.1, 0.15) is 16.9 Å². The molecule has 8 heterocycles. The third-order valence-corrected chi connectivity index (χ3v) is 29.3. The fraction of sp³-hybridized carbons (Fsp3) is 0.130. The van der Waals surface area contributed by atoms with E-state index in [0.717, 1.165) is 116 Å². The average Bonchev–Trinajstić information content (AvgIpc) is 1.52. The van der Waals surface area contributed by atoms with Gasteiger partial charge in [0.15, 0.2) is 0 Å². The number of carbonyl (C=O) groups is 1. The van der Waals surface area contributed by atoms with Crippen molar-refractivity contribution in [3.63, 3.8) is 0 Å². The number of rotatable bonds is 19. The van der Waals surface area contributed by atoms with Gasteiger partial charge in [-0.2, -0.15) is 26.3 Å². The van der Waals surface area contributed by atoms with Crippen LogP contribution >= 0.6 is 0 Å². The number of allylic oxidation sites excluding steroid dienone is 2. The van der Waals surface area contributed by atoms with Crippen molar-refractivity contribution in [2.24, 2.45) is 17.8 Å². The standard InChI is InChI=1S/C41H34N2.C39H22N3O.C35H30N2.C16H16F6O3.Ir/c1-3-28(2)24-29-20-22-30(23-21-29)31-25-32(42-38-16-8-4-12-34(38)35-13-5-9-17-39(35)42)27-33(26-31)43-40-18-10-6-14-36(40)37-15-7-11-19-41(37)43;1-2-10-30-27(7-1)31-21-24(13-16-34(31)41-20-19-40-39(30)41)25-14-17-37-32(22-25)33-23-26(15-18-38(33)43-37)42-35-11-5-3-8-28(35)29-9-4-6-12-36(29)42;1-3-24(2)20-25-21-26(36-32-16-8-4-12-28(32)29-13-5-9-17-33(29)36)23-27(22-25)37-34-18-10-6-14-30(34)31-15-7-11-19-35(31)37;1-3-9(2)8-25-11-6-4-10(5-7-11)12(13(23)15(17,18)19)14(24)16(20,21)22;/h4-23,25-28H,3,24H2,1-2H3;1-9,11-23H;4-19,21-24H,3,20H2,1-2H3;4-7,9,23H,3,8H2,1-2H3;/q;-1;;;. The third kappa shape index (κ3) is 18.1. The number of aromatic nitrogens is 7. The summed E-state index contributed by atoms with van der Waals surface area (Å²) in [5.74, 6) is -3.64. The summed E-state index contributed by atoms with van der Waals surface area (Å²) in [4.78, 5) is 15.9. The van der Waals surface area contributed by atoms with Crippen molar-refractivity contribution in [1.29, 1.82) is 0 Å². The first-order valence-corrected chi connectivity index (χ1v) is 50.4. The van der Waals surface area contributed by atoms with Crippen molar-refractivity contribution in [1.82, 2.24) is 32.2 Å². The summed E-state index contributed by atoms with van der Waals surface area (Å²) < 4.78 is 101. The number of hydrogen-bond acceptors (Lipinski definition) is 5. The Morgan fingerprint density at radius 1 is 0.342 bits per heavy atom. The molecule has 0 fully saturated rings. The van der Waals surface area contributed by atoms with Gasteiger partial charge in [-0.25, -0.2) is 0 Å². The number of Topliss-reactive ketones (excluding diaryl/α,β-unsaturated/α-hetero) is 1. The van der Waals surface area contributed by atoms with Crippen LogP contribution in [0, 0.1) is 23.8 Å². The van der Waals surface area contributed by atoms with Gasteiger partial charge in [0.05, 0.1) is 73.0 Å². The molecule has 149 heavy (non-hydrogen) atoms. The molecule has 8 aromatic heterocycles. The minimum absolute atomic E-state index is 0. The Hall–Kier alpha value is -16.8. The topological polar surface area (TPSA) is 102 Å². The molecule has 3 atom stereocenters. The van der Waals surface area contributed by atoms with Crippen LogP contribution in [0.2, 0.25) is 0 Å². The van der Waals surface area contributed by atoms with Crippen LogP contribution in [0.1, 0.15) is 77.5 Å². The molecule has 18 aromatic carbocycles. The predicted molar refractivity (Wildman–Crippen MR) is 596 cm³/mol. The van der Waals surface area contributed by atoms with Crippen LogP contribution in [0.15, 0.2) is 423 Å². The molecule has 0 aliphatic carbocycles. The number of halogens is 6. The van der Waals surface area contributed by atoms with Crippen molar-refractivity contribution < 1.29 is 65.5 Å². The first kappa shape index (κ1) is 97.0.